The number of fused-ring (bicyclic) bond motifs is 1. The molecule has 0 aliphatic carbocycles. The largest absolute Gasteiger partial charge is 0.506 e. The number of phenolic OH excluding ortho intramolecular Hbond substituents is 1. The minimum atomic E-state index is -0.789. The molecule has 1 aromatic heterocycles. The maximum atomic E-state index is 13.0. The van der Waals surface area contributed by atoms with Crippen molar-refractivity contribution in [1.82, 2.24) is 15.2 Å². The van der Waals surface area contributed by atoms with Gasteiger partial charge < -0.3 is 35.5 Å². The Morgan fingerprint density at radius 2 is 1.49 bits per heavy atom. The molecule has 0 spiro atoms. The minimum Gasteiger partial charge on any atom is -0.506 e. The van der Waals surface area contributed by atoms with Crippen molar-refractivity contribution in [3.63, 3.8) is 0 Å². The number of benzene rings is 5. The van der Waals surface area contributed by atoms with Gasteiger partial charge >= 0.3 is 6.09 Å². The van der Waals surface area contributed by atoms with Crippen LogP contribution in [0.15, 0.2) is 132 Å². The Kier molecular flexibility index (Phi) is 12.6. The fraction of sp³-hybridized carbons (Fsp3) is 0.277. The lowest BCUT2D eigenvalue weighted by atomic mass is 9.93. The number of aliphatic hydroxyl groups excluding tert-OH is 1. The van der Waals surface area contributed by atoms with E-state index in [1.165, 1.54) is 23.3 Å². The number of aromatic amines is 1. The van der Waals surface area contributed by atoms with Crippen LogP contribution in [0, 0.1) is 0 Å². The number of nitrogens with one attached hydrogen (secondary N) is 4. The van der Waals surface area contributed by atoms with Crippen LogP contribution < -0.4 is 21.5 Å². The molecule has 1 saturated heterocycles. The normalized spacial score (nSPS) is 14.6. The predicted octanol–water partition coefficient (Wildman–Crippen LogP) is 8.55. The number of pyridine rings is 1. The van der Waals surface area contributed by atoms with Crippen molar-refractivity contribution in [2.24, 2.45) is 0 Å². The Morgan fingerprint density at radius 3 is 2.21 bits per heavy atom. The van der Waals surface area contributed by atoms with Gasteiger partial charge in [-0.25, -0.2) is 4.79 Å². The van der Waals surface area contributed by atoms with Crippen LogP contribution in [0.3, 0.4) is 0 Å². The van der Waals surface area contributed by atoms with E-state index in [1.807, 2.05) is 61.5 Å². The molecular formula is C47H51N5O5. The van der Waals surface area contributed by atoms with Gasteiger partial charge in [0.25, 0.3) is 0 Å². The molecule has 5 aromatic carbocycles. The Bertz CT molecular complexity index is 2300. The van der Waals surface area contributed by atoms with Crippen molar-refractivity contribution in [1.29, 1.82) is 0 Å². The van der Waals surface area contributed by atoms with Gasteiger partial charge in [-0.1, -0.05) is 78.9 Å². The SMILES string of the molecule is CC1(OC(=O)Nc2ccccc2-c2ccccc2)CCN(CCCc2ccc(Nc3ccc(CCNCC(O)c4ccc(O)c5[nH]c(=O)ccc45)cc3)cc2)CC1. The van der Waals surface area contributed by atoms with E-state index in [0.717, 1.165) is 79.9 Å². The number of rotatable bonds is 15. The van der Waals surface area contributed by atoms with Crippen LogP contribution >= 0.6 is 0 Å². The molecule has 1 aliphatic heterocycles. The summed E-state index contributed by atoms with van der Waals surface area (Å²) in [6, 6.07) is 41.0. The van der Waals surface area contributed by atoms with Crippen LogP contribution in [0.2, 0.25) is 0 Å². The number of piperidine rings is 1. The summed E-state index contributed by atoms with van der Waals surface area (Å²) in [5.74, 6) is -0.0228. The number of nitrogens with zero attached hydrogens (tertiary/aromatic N) is 1. The zero-order valence-corrected chi connectivity index (χ0v) is 32.3. The molecule has 6 N–H and O–H groups in total. The van der Waals surface area contributed by atoms with Crippen LogP contribution in [0.5, 0.6) is 5.75 Å². The molecule has 0 saturated carbocycles. The molecule has 294 valence electrons. The molecule has 10 nitrogen and oxygen atoms in total. The third-order valence-corrected chi connectivity index (χ3v) is 10.8. The van der Waals surface area contributed by atoms with Crippen LogP contribution in [-0.2, 0) is 17.6 Å². The van der Waals surface area contributed by atoms with E-state index in [0.29, 0.717) is 29.6 Å². The van der Waals surface area contributed by atoms with Crippen LogP contribution in [0.25, 0.3) is 22.0 Å². The summed E-state index contributed by atoms with van der Waals surface area (Å²) in [6.45, 7) is 5.88. The lowest BCUT2D eigenvalue weighted by molar-refractivity contribution is -0.0162. The lowest BCUT2D eigenvalue weighted by Gasteiger charge is -2.38. The smallest absolute Gasteiger partial charge is 0.412 e. The maximum absolute atomic E-state index is 13.0. The average Bonchev–Trinajstić information content (AvgIpc) is 3.22. The van der Waals surface area contributed by atoms with Gasteiger partial charge in [-0.05, 0) is 117 Å². The quantitative estimate of drug-likeness (QED) is 0.0572. The number of hydrogen-bond donors (Lipinski definition) is 6. The Morgan fingerprint density at radius 1 is 0.825 bits per heavy atom. The van der Waals surface area contributed by atoms with E-state index in [4.69, 9.17) is 4.74 Å². The summed E-state index contributed by atoms with van der Waals surface area (Å²) >= 11 is 0. The van der Waals surface area contributed by atoms with Crippen molar-refractivity contribution in [3.8, 4) is 16.9 Å². The number of para-hydroxylation sites is 1. The molecule has 2 heterocycles. The minimum absolute atomic E-state index is 0.0228. The first-order valence-corrected chi connectivity index (χ1v) is 19.8. The standard InChI is InChI=1S/C47H51N5O5/c1-47(57-46(56)50-41-12-6-5-11-38(41)35-9-3-2-4-10-35)26-30-52(31-27-47)29-7-8-33-13-17-36(18-14-33)49-37-19-15-34(16-20-37)25-28-48-32-43(54)39-21-23-42(53)45-40(39)22-24-44(55)51-45/h2-6,9-24,43,48-49,53-54H,7-8,25-32H2,1H3,(H,50,56)(H,51,55). The number of carbonyl (C=O) groups is 1. The lowest BCUT2D eigenvalue weighted by Crippen LogP contribution is -2.46. The highest BCUT2D eigenvalue weighted by atomic mass is 16.6. The Balaban J connectivity index is 0.789. The summed E-state index contributed by atoms with van der Waals surface area (Å²) in [4.78, 5) is 29.8. The first kappa shape index (κ1) is 39.3. The van der Waals surface area contributed by atoms with Crippen molar-refractivity contribution >= 4 is 34.1 Å². The summed E-state index contributed by atoms with van der Waals surface area (Å²) < 4.78 is 6.00. The van der Waals surface area contributed by atoms with E-state index >= 15 is 0 Å². The number of aliphatic hydroxyl groups is 1. The number of aryl methyl sites for hydroxylation is 1. The number of aromatic hydroxyl groups is 1. The summed E-state index contributed by atoms with van der Waals surface area (Å²) in [5.41, 5.74) is 7.48. The number of anilines is 3. The molecule has 7 rings (SSSR count). The topological polar surface area (TPSA) is 139 Å². The molecule has 1 unspecified atom stereocenters. The molecule has 1 amide bonds. The number of H-pyrrole nitrogens is 1. The highest BCUT2D eigenvalue weighted by Gasteiger charge is 2.33. The van der Waals surface area contributed by atoms with Crippen LogP contribution in [0.1, 0.15) is 49.0 Å². The third-order valence-electron chi connectivity index (χ3n) is 10.8. The molecule has 0 bridgehead atoms. The van der Waals surface area contributed by atoms with Gasteiger partial charge in [0.1, 0.15) is 11.4 Å². The highest BCUT2D eigenvalue weighted by Crippen LogP contribution is 2.31. The predicted molar refractivity (Wildman–Crippen MR) is 228 cm³/mol. The van der Waals surface area contributed by atoms with E-state index in [-0.39, 0.29) is 11.3 Å². The maximum Gasteiger partial charge on any atom is 0.412 e. The first-order chi connectivity index (χ1) is 27.7. The van der Waals surface area contributed by atoms with Crippen molar-refractivity contribution < 1.29 is 19.7 Å². The number of amides is 1. The van der Waals surface area contributed by atoms with E-state index < -0.39 is 17.8 Å². The van der Waals surface area contributed by atoms with E-state index in [9.17, 15) is 19.8 Å². The second-order valence-corrected chi connectivity index (χ2v) is 15.1. The van der Waals surface area contributed by atoms with Gasteiger partial charge in [-0.3, -0.25) is 10.1 Å². The number of carbonyl (C=O) groups excluding carboxylic acids is 1. The fourth-order valence-electron chi connectivity index (χ4n) is 7.49. The van der Waals surface area contributed by atoms with E-state index in [2.05, 4.69) is 74.4 Å². The number of likely N-dealkylation sites (tertiary alicyclic amines) is 1. The monoisotopic (exact) mass is 765 g/mol. The zero-order chi connectivity index (χ0) is 39.6. The van der Waals surface area contributed by atoms with Crippen molar-refractivity contribution in [3.05, 3.63) is 154 Å². The molecule has 57 heavy (non-hydrogen) atoms. The van der Waals surface area contributed by atoms with Crippen LogP contribution in [-0.4, -0.2) is 64.5 Å². The summed E-state index contributed by atoms with van der Waals surface area (Å²) in [6.07, 6.45) is 3.27. The number of ether oxygens (including phenoxy) is 1. The van der Waals surface area contributed by atoms with Gasteiger partial charge in [-0.15, -0.1) is 0 Å². The van der Waals surface area contributed by atoms with Crippen molar-refractivity contribution in [2.75, 3.05) is 43.4 Å². The first-order valence-electron chi connectivity index (χ1n) is 19.8. The van der Waals surface area contributed by atoms with Gasteiger partial charge in [0.2, 0.25) is 5.56 Å². The zero-order valence-electron chi connectivity index (χ0n) is 32.3. The second kappa shape index (κ2) is 18.3. The summed E-state index contributed by atoms with van der Waals surface area (Å²) in [5, 5.41) is 31.3. The molecular weight excluding hydrogens is 715 g/mol. The fourth-order valence-corrected chi connectivity index (χ4v) is 7.49. The molecule has 1 aliphatic rings. The number of hydrogen-bond acceptors (Lipinski definition) is 8. The Hall–Kier alpha value is -5.94. The molecule has 1 atom stereocenters. The highest BCUT2D eigenvalue weighted by molar-refractivity contribution is 5.91. The number of phenols is 1. The molecule has 1 fully saturated rings. The third kappa shape index (κ3) is 10.5. The average molecular weight is 766 g/mol. The van der Waals surface area contributed by atoms with Gasteiger partial charge in [-0.2, -0.15) is 0 Å². The Labute approximate surface area is 333 Å². The number of aromatic nitrogens is 1. The second-order valence-electron chi connectivity index (χ2n) is 15.1. The molecule has 0 radical (unpaired) electrons. The van der Waals surface area contributed by atoms with Gasteiger partial charge in [0, 0.05) is 48.0 Å². The molecule has 6 aromatic rings. The van der Waals surface area contributed by atoms with E-state index in [1.54, 1.807) is 12.1 Å². The van der Waals surface area contributed by atoms with Gasteiger partial charge in [0.05, 0.1) is 17.3 Å². The van der Waals surface area contributed by atoms with Crippen LogP contribution in [0.4, 0.5) is 21.9 Å². The van der Waals surface area contributed by atoms with Gasteiger partial charge in [0.15, 0.2) is 0 Å². The van der Waals surface area contributed by atoms with Crippen molar-refractivity contribution in [2.45, 2.75) is 50.7 Å². The molecule has 10 heteroatoms. The summed E-state index contributed by atoms with van der Waals surface area (Å²) in [7, 11) is 0.